The molecule has 0 saturated carbocycles. The number of nitrogens with zero attached hydrogens (tertiary/aromatic N) is 3. The lowest BCUT2D eigenvalue weighted by atomic mass is 10.1. The smallest absolute Gasteiger partial charge is 0.225 e. The summed E-state index contributed by atoms with van der Waals surface area (Å²) >= 11 is 0. The second kappa shape index (κ2) is 12.8. The van der Waals surface area contributed by atoms with Gasteiger partial charge in [-0.1, -0.05) is 44.2 Å². The standard InChI is InChI=1S/C25H41N5O2/c1-20(2)24(31)30-16-10-22(19-30)28-25(26-3)27-13-7-17-32-23-11-14-29(15-12-23)18-21-8-5-4-6-9-21/h4-6,8-9,20,22-23H,7,10-19H2,1-3H3,(H2,26,27,28). The minimum absolute atomic E-state index is 0.0577. The van der Waals surface area contributed by atoms with Gasteiger partial charge in [-0.05, 0) is 31.2 Å². The molecule has 1 aromatic rings. The van der Waals surface area contributed by atoms with Gasteiger partial charge in [0.1, 0.15) is 0 Å². The highest BCUT2D eigenvalue weighted by molar-refractivity contribution is 5.81. The van der Waals surface area contributed by atoms with Crippen LogP contribution in [0.5, 0.6) is 0 Å². The minimum Gasteiger partial charge on any atom is -0.378 e. The number of guanidine groups is 1. The number of carbonyl (C=O) groups is 1. The number of hydrogen-bond donors (Lipinski definition) is 2. The molecule has 1 amide bonds. The molecule has 2 heterocycles. The highest BCUT2D eigenvalue weighted by atomic mass is 16.5. The van der Waals surface area contributed by atoms with Gasteiger partial charge < -0.3 is 20.3 Å². The van der Waals surface area contributed by atoms with Crippen LogP contribution in [0.25, 0.3) is 0 Å². The third-order valence-electron chi connectivity index (χ3n) is 6.31. The monoisotopic (exact) mass is 443 g/mol. The number of aliphatic imine (C=N–C) groups is 1. The van der Waals surface area contributed by atoms with Crippen molar-refractivity contribution in [2.45, 2.75) is 58.2 Å². The van der Waals surface area contributed by atoms with Gasteiger partial charge in [-0.15, -0.1) is 0 Å². The Morgan fingerprint density at radius 2 is 1.91 bits per heavy atom. The molecular weight excluding hydrogens is 402 g/mol. The fourth-order valence-electron chi connectivity index (χ4n) is 4.44. The van der Waals surface area contributed by atoms with Crippen LogP contribution < -0.4 is 10.6 Å². The summed E-state index contributed by atoms with van der Waals surface area (Å²) in [5.74, 6) is 1.10. The maximum absolute atomic E-state index is 12.2. The first kappa shape index (κ1) is 24.5. The van der Waals surface area contributed by atoms with Gasteiger partial charge in [-0.2, -0.15) is 0 Å². The van der Waals surface area contributed by atoms with Gasteiger partial charge in [-0.25, -0.2) is 0 Å². The molecule has 0 spiro atoms. The van der Waals surface area contributed by atoms with Crippen molar-refractivity contribution >= 4 is 11.9 Å². The van der Waals surface area contributed by atoms with Gasteiger partial charge in [0.15, 0.2) is 5.96 Å². The fourth-order valence-corrected chi connectivity index (χ4v) is 4.44. The molecule has 2 fully saturated rings. The Bertz CT molecular complexity index is 716. The second-order valence-electron chi connectivity index (χ2n) is 9.25. The van der Waals surface area contributed by atoms with Gasteiger partial charge in [0, 0.05) is 64.9 Å². The van der Waals surface area contributed by atoms with Crippen LogP contribution in [0.3, 0.4) is 0 Å². The van der Waals surface area contributed by atoms with E-state index in [4.69, 9.17) is 4.74 Å². The lowest BCUT2D eigenvalue weighted by molar-refractivity contribution is -0.133. The van der Waals surface area contributed by atoms with Gasteiger partial charge in [-0.3, -0.25) is 14.7 Å². The van der Waals surface area contributed by atoms with E-state index in [9.17, 15) is 4.79 Å². The van der Waals surface area contributed by atoms with Crippen LogP contribution in [0.15, 0.2) is 35.3 Å². The Labute approximate surface area is 193 Å². The second-order valence-corrected chi connectivity index (χ2v) is 9.25. The molecule has 3 rings (SSSR count). The maximum atomic E-state index is 12.2. The van der Waals surface area contributed by atoms with Gasteiger partial charge in [0.25, 0.3) is 0 Å². The highest BCUT2D eigenvalue weighted by Crippen LogP contribution is 2.16. The normalized spacial score (nSPS) is 20.7. The van der Waals surface area contributed by atoms with Crippen molar-refractivity contribution in [1.29, 1.82) is 0 Å². The molecule has 7 nitrogen and oxygen atoms in total. The number of likely N-dealkylation sites (tertiary alicyclic amines) is 2. The van der Waals surface area contributed by atoms with Crippen LogP contribution in [0.2, 0.25) is 0 Å². The molecular formula is C25H41N5O2. The van der Waals surface area contributed by atoms with Gasteiger partial charge >= 0.3 is 0 Å². The number of amides is 1. The molecule has 2 aliphatic heterocycles. The van der Waals surface area contributed by atoms with Crippen LogP contribution >= 0.6 is 0 Å². The number of rotatable bonds is 9. The average Bonchev–Trinajstić information content (AvgIpc) is 3.27. The summed E-state index contributed by atoms with van der Waals surface area (Å²) in [6, 6.07) is 11.0. The lowest BCUT2D eigenvalue weighted by Gasteiger charge is -2.32. The molecule has 1 unspecified atom stereocenters. The first-order valence-electron chi connectivity index (χ1n) is 12.2. The number of hydrogen-bond acceptors (Lipinski definition) is 4. The van der Waals surface area contributed by atoms with E-state index in [1.165, 1.54) is 5.56 Å². The summed E-state index contributed by atoms with van der Waals surface area (Å²) in [5.41, 5.74) is 1.39. The SMILES string of the molecule is CN=C(NCCCOC1CCN(Cc2ccccc2)CC1)NC1CCN(C(=O)C(C)C)C1. The molecule has 178 valence electrons. The number of piperidine rings is 1. The van der Waals surface area contributed by atoms with Crippen LogP contribution in [0.4, 0.5) is 0 Å². The zero-order valence-corrected chi connectivity index (χ0v) is 20.1. The largest absolute Gasteiger partial charge is 0.378 e. The molecule has 32 heavy (non-hydrogen) atoms. The Morgan fingerprint density at radius 1 is 1.16 bits per heavy atom. The molecule has 2 aliphatic rings. The molecule has 7 heteroatoms. The number of carbonyl (C=O) groups excluding carboxylic acids is 1. The topological polar surface area (TPSA) is 69.2 Å². The summed E-state index contributed by atoms with van der Waals surface area (Å²) in [6.45, 7) is 10.3. The molecule has 2 N–H and O–H groups in total. The molecule has 0 radical (unpaired) electrons. The fraction of sp³-hybridized carbons (Fsp3) is 0.680. The summed E-state index contributed by atoms with van der Waals surface area (Å²) in [5, 5.41) is 6.84. The van der Waals surface area contributed by atoms with Crippen LogP contribution in [0.1, 0.15) is 45.1 Å². The molecule has 0 aliphatic carbocycles. The van der Waals surface area contributed by atoms with Crippen molar-refractivity contribution in [3.05, 3.63) is 35.9 Å². The number of benzene rings is 1. The number of ether oxygens (including phenoxy) is 1. The first-order valence-corrected chi connectivity index (χ1v) is 12.2. The van der Waals surface area contributed by atoms with Crippen molar-refractivity contribution in [3.8, 4) is 0 Å². The van der Waals surface area contributed by atoms with E-state index < -0.39 is 0 Å². The Hall–Kier alpha value is -2.12. The Morgan fingerprint density at radius 3 is 2.59 bits per heavy atom. The van der Waals surface area contributed by atoms with Crippen LogP contribution in [-0.2, 0) is 16.1 Å². The summed E-state index contributed by atoms with van der Waals surface area (Å²) in [6.07, 6.45) is 4.51. The Balaban J connectivity index is 1.24. The van der Waals surface area contributed by atoms with Crippen LogP contribution in [-0.4, -0.2) is 80.2 Å². The first-order chi connectivity index (χ1) is 15.5. The van der Waals surface area contributed by atoms with Crippen molar-refractivity contribution in [1.82, 2.24) is 20.4 Å². The predicted octanol–water partition coefficient (Wildman–Crippen LogP) is 2.48. The van der Waals surface area contributed by atoms with E-state index in [1.807, 2.05) is 18.7 Å². The van der Waals surface area contributed by atoms with Crippen molar-refractivity contribution in [2.75, 3.05) is 46.4 Å². The maximum Gasteiger partial charge on any atom is 0.225 e. The zero-order valence-electron chi connectivity index (χ0n) is 20.1. The van der Waals surface area contributed by atoms with E-state index in [0.29, 0.717) is 6.10 Å². The van der Waals surface area contributed by atoms with Gasteiger partial charge in [0.2, 0.25) is 5.91 Å². The quantitative estimate of drug-likeness (QED) is 0.349. The highest BCUT2D eigenvalue weighted by Gasteiger charge is 2.28. The lowest BCUT2D eigenvalue weighted by Crippen LogP contribution is -2.45. The molecule has 1 atom stereocenters. The van der Waals surface area contributed by atoms with E-state index in [1.54, 1.807) is 7.05 Å². The minimum atomic E-state index is 0.0577. The van der Waals surface area contributed by atoms with Crippen molar-refractivity contribution in [2.24, 2.45) is 10.9 Å². The average molecular weight is 444 g/mol. The van der Waals surface area contributed by atoms with Crippen molar-refractivity contribution in [3.63, 3.8) is 0 Å². The molecule has 2 saturated heterocycles. The van der Waals surface area contributed by atoms with E-state index in [0.717, 1.165) is 77.5 Å². The Kier molecular flexibility index (Phi) is 9.81. The number of nitrogens with one attached hydrogen (secondary N) is 2. The predicted molar refractivity (Wildman–Crippen MR) is 130 cm³/mol. The van der Waals surface area contributed by atoms with Gasteiger partial charge in [0.05, 0.1) is 6.10 Å². The third kappa shape index (κ3) is 7.78. The summed E-state index contributed by atoms with van der Waals surface area (Å²) in [7, 11) is 1.79. The van der Waals surface area contributed by atoms with E-state index in [-0.39, 0.29) is 17.9 Å². The third-order valence-corrected chi connectivity index (χ3v) is 6.31. The summed E-state index contributed by atoms with van der Waals surface area (Å²) in [4.78, 5) is 21.0. The molecule has 1 aromatic carbocycles. The van der Waals surface area contributed by atoms with E-state index >= 15 is 0 Å². The van der Waals surface area contributed by atoms with Crippen LogP contribution in [0, 0.1) is 5.92 Å². The summed E-state index contributed by atoms with van der Waals surface area (Å²) < 4.78 is 6.12. The molecule has 0 bridgehead atoms. The zero-order chi connectivity index (χ0) is 22.8. The van der Waals surface area contributed by atoms with E-state index in [2.05, 4.69) is 50.9 Å². The molecule has 0 aromatic heterocycles. The van der Waals surface area contributed by atoms with Crippen molar-refractivity contribution < 1.29 is 9.53 Å².